The molecule has 0 spiro atoms. The van der Waals surface area contributed by atoms with Gasteiger partial charge in [-0.25, -0.2) is 8.78 Å². The fourth-order valence-electron chi connectivity index (χ4n) is 2.93. The lowest BCUT2D eigenvalue weighted by atomic mass is 9.93. The summed E-state index contributed by atoms with van der Waals surface area (Å²) in [5.74, 6) is -0.919. The maximum absolute atomic E-state index is 14.3. The van der Waals surface area contributed by atoms with Crippen molar-refractivity contribution >= 4 is 0 Å². The maximum Gasteiger partial charge on any atom is 0.131 e. The number of hydrogen-bond donors (Lipinski definition) is 1. The quantitative estimate of drug-likeness (QED) is 0.735. The molecule has 1 aliphatic carbocycles. The largest absolute Gasteiger partial charge is 0.306 e. The Labute approximate surface area is 126 Å². The average molecular weight is 293 g/mol. The fourth-order valence-corrected chi connectivity index (χ4v) is 2.93. The first-order chi connectivity index (χ1) is 10.1. The second-order valence-corrected chi connectivity index (χ2v) is 5.89. The molecule has 1 atom stereocenters. The van der Waals surface area contributed by atoms with Crippen molar-refractivity contribution in [1.82, 2.24) is 5.32 Å². The predicted molar refractivity (Wildman–Crippen MR) is 83.3 cm³/mol. The summed E-state index contributed by atoms with van der Waals surface area (Å²) in [6.45, 7) is 4.62. The third-order valence-corrected chi connectivity index (χ3v) is 4.13. The van der Waals surface area contributed by atoms with Gasteiger partial charge in [-0.1, -0.05) is 25.0 Å². The normalized spacial score (nSPS) is 17.2. The third-order valence-electron chi connectivity index (χ3n) is 4.13. The molecule has 1 unspecified atom stereocenters. The molecule has 3 heteroatoms. The van der Waals surface area contributed by atoms with Gasteiger partial charge in [0.05, 0.1) is 6.04 Å². The lowest BCUT2D eigenvalue weighted by Crippen LogP contribution is -2.25. The van der Waals surface area contributed by atoms with Gasteiger partial charge in [-0.05, 0) is 57.2 Å². The number of hydrogen-bond acceptors (Lipinski definition) is 1. The summed E-state index contributed by atoms with van der Waals surface area (Å²) in [6.07, 6.45) is 8.88. The Kier molecular flexibility index (Phi) is 5.92. The van der Waals surface area contributed by atoms with Crippen LogP contribution in [0.15, 0.2) is 23.8 Å². The zero-order valence-electron chi connectivity index (χ0n) is 13.0. The van der Waals surface area contributed by atoms with Gasteiger partial charge in [0.15, 0.2) is 0 Å². The maximum atomic E-state index is 14.3. The fraction of sp³-hybridized carbons (Fsp3) is 0.556. The number of halogens is 2. The molecule has 0 radical (unpaired) electrons. The smallest absolute Gasteiger partial charge is 0.131 e. The van der Waals surface area contributed by atoms with Gasteiger partial charge in [-0.2, -0.15) is 0 Å². The number of allylic oxidation sites excluding steroid dienone is 1. The van der Waals surface area contributed by atoms with E-state index in [1.165, 1.54) is 18.4 Å². The molecule has 116 valence electrons. The molecule has 1 N–H and O–H groups in total. The molecule has 0 amide bonds. The molecule has 0 heterocycles. The first kappa shape index (κ1) is 16.2. The number of rotatable bonds is 5. The molecule has 0 aromatic heterocycles. The summed E-state index contributed by atoms with van der Waals surface area (Å²) in [5.41, 5.74) is 2.34. The minimum atomic E-state index is -0.472. The van der Waals surface area contributed by atoms with E-state index in [0.29, 0.717) is 11.1 Å². The van der Waals surface area contributed by atoms with Crippen LogP contribution in [0.3, 0.4) is 0 Å². The molecule has 0 fully saturated rings. The van der Waals surface area contributed by atoms with Crippen LogP contribution in [-0.4, -0.2) is 6.54 Å². The number of benzene rings is 1. The van der Waals surface area contributed by atoms with Crippen molar-refractivity contribution in [3.8, 4) is 0 Å². The first-order valence-corrected chi connectivity index (χ1v) is 8.01. The molecule has 21 heavy (non-hydrogen) atoms. The van der Waals surface area contributed by atoms with Crippen molar-refractivity contribution < 1.29 is 8.78 Å². The number of nitrogens with one attached hydrogen (secondary N) is 1. The lowest BCUT2D eigenvalue weighted by molar-refractivity contribution is 0.516. The van der Waals surface area contributed by atoms with E-state index >= 15 is 0 Å². The van der Waals surface area contributed by atoms with Crippen LogP contribution in [0.1, 0.15) is 62.6 Å². The van der Waals surface area contributed by atoms with Crippen LogP contribution in [0.2, 0.25) is 0 Å². The number of aryl methyl sites for hydroxylation is 1. The summed E-state index contributed by atoms with van der Waals surface area (Å²) < 4.78 is 27.8. The third kappa shape index (κ3) is 4.13. The molecule has 2 rings (SSSR count). The summed E-state index contributed by atoms with van der Waals surface area (Å²) in [5, 5.41) is 3.44. The van der Waals surface area contributed by atoms with E-state index in [2.05, 4.69) is 18.3 Å². The van der Waals surface area contributed by atoms with Gasteiger partial charge in [0.1, 0.15) is 11.6 Å². The second-order valence-electron chi connectivity index (χ2n) is 5.89. The van der Waals surface area contributed by atoms with Crippen molar-refractivity contribution in [1.29, 1.82) is 0 Å². The molecule has 1 aromatic rings. The van der Waals surface area contributed by atoms with Crippen LogP contribution in [0, 0.1) is 18.6 Å². The monoisotopic (exact) mass is 293 g/mol. The summed E-state index contributed by atoms with van der Waals surface area (Å²) in [7, 11) is 0. The van der Waals surface area contributed by atoms with Crippen molar-refractivity contribution in [2.75, 3.05) is 6.54 Å². The molecule has 0 saturated heterocycles. The van der Waals surface area contributed by atoms with E-state index in [1.807, 2.05) is 0 Å². The molecule has 0 aliphatic heterocycles. The Morgan fingerprint density at radius 1 is 1.14 bits per heavy atom. The van der Waals surface area contributed by atoms with E-state index in [-0.39, 0.29) is 6.04 Å². The Morgan fingerprint density at radius 2 is 1.95 bits per heavy atom. The molecule has 0 bridgehead atoms. The Balaban J connectivity index is 2.35. The topological polar surface area (TPSA) is 12.0 Å². The molecular formula is C18H25F2N. The Hall–Kier alpha value is -1.22. The summed E-state index contributed by atoms with van der Waals surface area (Å²) >= 11 is 0. The predicted octanol–water partition coefficient (Wildman–Crippen LogP) is 5.20. The Morgan fingerprint density at radius 3 is 2.71 bits per heavy atom. The highest BCUT2D eigenvalue weighted by molar-refractivity contribution is 5.34. The van der Waals surface area contributed by atoms with Crippen molar-refractivity contribution in [3.05, 3.63) is 46.5 Å². The van der Waals surface area contributed by atoms with Gasteiger partial charge >= 0.3 is 0 Å². The minimum Gasteiger partial charge on any atom is -0.306 e. The van der Waals surface area contributed by atoms with Crippen molar-refractivity contribution in [2.45, 2.75) is 58.4 Å². The Bertz CT molecular complexity index is 508. The lowest BCUT2D eigenvalue weighted by Gasteiger charge is -2.23. The van der Waals surface area contributed by atoms with Crippen LogP contribution in [-0.2, 0) is 0 Å². The van der Waals surface area contributed by atoms with E-state index in [9.17, 15) is 8.78 Å². The zero-order valence-corrected chi connectivity index (χ0v) is 13.0. The highest BCUT2D eigenvalue weighted by Crippen LogP contribution is 2.31. The van der Waals surface area contributed by atoms with Crippen molar-refractivity contribution in [2.24, 2.45) is 0 Å². The first-order valence-electron chi connectivity index (χ1n) is 8.01. The highest BCUT2D eigenvalue weighted by atomic mass is 19.1. The van der Waals surface area contributed by atoms with Crippen LogP contribution in [0.4, 0.5) is 8.78 Å². The molecule has 1 aromatic carbocycles. The molecule has 1 nitrogen and oxygen atoms in total. The minimum absolute atomic E-state index is 0.123. The van der Waals surface area contributed by atoms with Crippen LogP contribution in [0.25, 0.3) is 0 Å². The summed E-state index contributed by atoms with van der Waals surface area (Å²) in [4.78, 5) is 0. The van der Waals surface area contributed by atoms with Gasteiger partial charge in [-0.3, -0.25) is 0 Å². The standard InChI is InChI=1S/C18H25F2N/c1-3-10-21-18(14-8-6-4-5-7-9-14)15-11-13(2)16(19)12-17(15)20/h8,11-12,18,21H,3-7,9-10H2,1-2H3. The van der Waals surface area contributed by atoms with Gasteiger partial charge < -0.3 is 5.32 Å². The van der Waals surface area contributed by atoms with Crippen LogP contribution in [0.5, 0.6) is 0 Å². The van der Waals surface area contributed by atoms with E-state index < -0.39 is 11.6 Å². The SMILES string of the molecule is CCCNC(C1=CCCCCC1)c1cc(C)c(F)cc1F. The zero-order chi connectivity index (χ0) is 15.2. The van der Waals surface area contributed by atoms with E-state index in [1.54, 1.807) is 13.0 Å². The van der Waals surface area contributed by atoms with Gasteiger partial charge in [0, 0.05) is 11.6 Å². The van der Waals surface area contributed by atoms with Crippen LogP contribution >= 0.6 is 0 Å². The van der Waals surface area contributed by atoms with Gasteiger partial charge in [0.2, 0.25) is 0 Å². The molecule has 1 aliphatic rings. The average Bonchev–Trinajstić information content (AvgIpc) is 2.74. The van der Waals surface area contributed by atoms with Crippen LogP contribution < -0.4 is 5.32 Å². The van der Waals surface area contributed by atoms with Crippen molar-refractivity contribution in [3.63, 3.8) is 0 Å². The molecule has 0 saturated carbocycles. The molecular weight excluding hydrogens is 268 g/mol. The second kappa shape index (κ2) is 7.69. The van der Waals surface area contributed by atoms with Gasteiger partial charge in [0.25, 0.3) is 0 Å². The summed E-state index contributed by atoms with van der Waals surface area (Å²) in [6, 6.07) is 2.55. The van der Waals surface area contributed by atoms with E-state index in [0.717, 1.165) is 38.3 Å². The van der Waals surface area contributed by atoms with E-state index in [4.69, 9.17) is 0 Å². The van der Waals surface area contributed by atoms with Gasteiger partial charge in [-0.15, -0.1) is 0 Å². The highest BCUT2D eigenvalue weighted by Gasteiger charge is 2.21.